The Morgan fingerprint density at radius 2 is 1.83 bits per heavy atom. The standard InChI is InChI=1S/C15H16ClNO/c16-14-8-4-7-13(9-14)15(18)11-17-10-12-5-2-1-3-6-12/h1-9,15,17-18H,10-11H2/t15-/m1/s1. The lowest BCUT2D eigenvalue weighted by Crippen LogP contribution is -2.21. The number of nitrogens with one attached hydrogen (secondary N) is 1. The molecule has 2 nitrogen and oxygen atoms in total. The summed E-state index contributed by atoms with van der Waals surface area (Å²) in [6, 6.07) is 17.4. The summed E-state index contributed by atoms with van der Waals surface area (Å²) in [5.41, 5.74) is 2.04. The van der Waals surface area contributed by atoms with Crippen LogP contribution in [0.25, 0.3) is 0 Å². The van der Waals surface area contributed by atoms with Crippen molar-refractivity contribution in [3.8, 4) is 0 Å². The third kappa shape index (κ3) is 3.84. The molecule has 0 amide bonds. The number of rotatable bonds is 5. The molecule has 0 bridgehead atoms. The molecule has 0 radical (unpaired) electrons. The highest BCUT2D eigenvalue weighted by Crippen LogP contribution is 2.17. The van der Waals surface area contributed by atoms with Crippen molar-refractivity contribution in [2.24, 2.45) is 0 Å². The minimum absolute atomic E-state index is 0.509. The highest BCUT2D eigenvalue weighted by molar-refractivity contribution is 6.30. The van der Waals surface area contributed by atoms with E-state index in [-0.39, 0.29) is 0 Å². The summed E-state index contributed by atoms with van der Waals surface area (Å²) in [6.07, 6.45) is -0.535. The minimum atomic E-state index is -0.535. The van der Waals surface area contributed by atoms with Crippen LogP contribution in [0.15, 0.2) is 54.6 Å². The van der Waals surface area contributed by atoms with Gasteiger partial charge in [-0.2, -0.15) is 0 Å². The third-order valence-corrected chi connectivity index (χ3v) is 2.98. The molecule has 2 aromatic rings. The Labute approximate surface area is 112 Å². The fourth-order valence-corrected chi connectivity index (χ4v) is 1.98. The fraction of sp³-hybridized carbons (Fsp3) is 0.200. The molecule has 0 saturated heterocycles. The number of benzene rings is 2. The van der Waals surface area contributed by atoms with Crippen LogP contribution in [0.3, 0.4) is 0 Å². The second-order valence-electron chi connectivity index (χ2n) is 4.19. The van der Waals surface area contributed by atoms with Gasteiger partial charge in [-0.15, -0.1) is 0 Å². The van der Waals surface area contributed by atoms with Crippen molar-refractivity contribution in [2.75, 3.05) is 6.54 Å². The molecule has 0 saturated carbocycles. The van der Waals surface area contributed by atoms with E-state index in [1.54, 1.807) is 12.1 Å². The van der Waals surface area contributed by atoms with Crippen molar-refractivity contribution >= 4 is 11.6 Å². The molecule has 0 aromatic heterocycles. The van der Waals surface area contributed by atoms with E-state index in [4.69, 9.17) is 11.6 Å². The van der Waals surface area contributed by atoms with Crippen molar-refractivity contribution in [1.29, 1.82) is 0 Å². The van der Waals surface area contributed by atoms with Gasteiger partial charge >= 0.3 is 0 Å². The first kappa shape index (κ1) is 13.1. The van der Waals surface area contributed by atoms with Gasteiger partial charge in [-0.25, -0.2) is 0 Å². The van der Waals surface area contributed by atoms with E-state index in [0.717, 1.165) is 12.1 Å². The van der Waals surface area contributed by atoms with Crippen LogP contribution in [-0.2, 0) is 6.54 Å². The zero-order chi connectivity index (χ0) is 12.8. The van der Waals surface area contributed by atoms with Crippen molar-refractivity contribution < 1.29 is 5.11 Å². The first-order chi connectivity index (χ1) is 8.75. The van der Waals surface area contributed by atoms with Crippen LogP contribution in [0, 0.1) is 0 Å². The van der Waals surface area contributed by atoms with Crippen molar-refractivity contribution in [3.63, 3.8) is 0 Å². The summed E-state index contributed by atoms with van der Waals surface area (Å²) in [5.74, 6) is 0. The smallest absolute Gasteiger partial charge is 0.0915 e. The van der Waals surface area contributed by atoms with Gasteiger partial charge in [-0.05, 0) is 23.3 Å². The largest absolute Gasteiger partial charge is 0.387 e. The van der Waals surface area contributed by atoms with Gasteiger partial charge in [-0.3, -0.25) is 0 Å². The number of aliphatic hydroxyl groups is 1. The molecule has 1 atom stereocenters. The maximum atomic E-state index is 10.0. The molecule has 0 fully saturated rings. The summed E-state index contributed by atoms with van der Waals surface area (Å²) in [7, 11) is 0. The predicted molar refractivity (Wildman–Crippen MR) is 74.6 cm³/mol. The summed E-state index contributed by atoms with van der Waals surface area (Å²) < 4.78 is 0. The fourth-order valence-electron chi connectivity index (χ4n) is 1.78. The van der Waals surface area contributed by atoms with Crippen LogP contribution in [0.5, 0.6) is 0 Å². The Hall–Kier alpha value is -1.35. The predicted octanol–water partition coefficient (Wildman–Crippen LogP) is 3.16. The van der Waals surface area contributed by atoms with Gasteiger partial charge in [0.15, 0.2) is 0 Å². The number of halogens is 1. The van der Waals surface area contributed by atoms with Crippen LogP contribution in [-0.4, -0.2) is 11.7 Å². The lowest BCUT2D eigenvalue weighted by Gasteiger charge is -2.12. The Kier molecular flexibility index (Phi) is 4.76. The lowest BCUT2D eigenvalue weighted by atomic mass is 10.1. The van der Waals surface area contributed by atoms with E-state index in [2.05, 4.69) is 17.4 Å². The van der Waals surface area contributed by atoms with Crippen LogP contribution in [0.2, 0.25) is 5.02 Å². The minimum Gasteiger partial charge on any atom is -0.387 e. The molecule has 18 heavy (non-hydrogen) atoms. The SMILES string of the molecule is O[C@H](CNCc1ccccc1)c1cccc(Cl)c1. The van der Waals surface area contributed by atoms with E-state index in [9.17, 15) is 5.11 Å². The Bertz CT molecular complexity index is 487. The third-order valence-electron chi connectivity index (χ3n) is 2.74. The summed E-state index contributed by atoms with van der Waals surface area (Å²) in [5, 5.41) is 13.9. The van der Waals surface area contributed by atoms with Crippen molar-refractivity contribution in [1.82, 2.24) is 5.32 Å². The topological polar surface area (TPSA) is 32.3 Å². The average Bonchev–Trinajstić information content (AvgIpc) is 2.40. The molecular weight excluding hydrogens is 246 g/mol. The molecule has 0 spiro atoms. The molecule has 94 valence electrons. The number of hydrogen-bond acceptors (Lipinski definition) is 2. The second-order valence-corrected chi connectivity index (χ2v) is 4.62. The number of aliphatic hydroxyl groups excluding tert-OH is 1. The van der Waals surface area contributed by atoms with Gasteiger partial charge in [0.1, 0.15) is 0 Å². The Morgan fingerprint density at radius 1 is 1.06 bits per heavy atom. The zero-order valence-electron chi connectivity index (χ0n) is 10.0. The second kappa shape index (κ2) is 6.55. The van der Waals surface area contributed by atoms with Gasteiger partial charge in [0.2, 0.25) is 0 Å². The first-order valence-electron chi connectivity index (χ1n) is 5.94. The van der Waals surface area contributed by atoms with Crippen LogP contribution >= 0.6 is 11.6 Å². The van der Waals surface area contributed by atoms with Crippen molar-refractivity contribution in [3.05, 3.63) is 70.7 Å². The van der Waals surface area contributed by atoms with Gasteiger partial charge in [0, 0.05) is 18.1 Å². The molecule has 2 rings (SSSR count). The molecular formula is C15H16ClNO. The first-order valence-corrected chi connectivity index (χ1v) is 6.31. The molecule has 0 aliphatic rings. The number of hydrogen-bond donors (Lipinski definition) is 2. The van der Waals surface area contributed by atoms with E-state index < -0.39 is 6.10 Å². The van der Waals surface area contributed by atoms with E-state index in [1.807, 2.05) is 30.3 Å². The highest BCUT2D eigenvalue weighted by atomic mass is 35.5. The van der Waals surface area contributed by atoms with Gasteiger partial charge in [0.05, 0.1) is 6.10 Å². The van der Waals surface area contributed by atoms with Gasteiger partial charge in [-0.1, -0.05) is 54.1 Å². The Morgan fingerprint density at radius 3 is 2.56 bits per heavy atom. The Balaban J connectivity index is 1.83. The van der Waals surface area contributed by atoms with Crippen molar-refractivity contribution in [2.45, 2.75) is 12.6 Å². The van der Waals surface area contributed by atoms with E-state index >= 15 is 0 Å². The molecule has 0 heterocycles. The molecule has 0 aliphatic heterocycles. The quantitative estimate of drug-likeness (QED) is 0.867. The summed E-state index contributed by atoms with van der Waals surface area (Å²) in [6.45, 7) is 1.26. The highest BCUT2D eigenvalue weighted by Gasteiger charge is 2.06. The molecule has 0 aliphatic carbocycles. The molecule has 2 N–H and O–H groups in total. The molecule has 2 aromatic carbocycles. The van der Waals surface area contributed by atoms with Crippen LogP contribution in [0.1, 0.15) is 17.2 Å². The monoisotopic (exact) mass is 261 g/mol. The molecule has 0 unspecified atom stereocenters. The summed E-state index contributed by atoms with van der Waals surface area (Å²) >= 11 is 5.89. The van der Waals surface area contributed by atoms with Crippen LogP contribution < -0.4 is 5.32 Å². The summed E-state index contributed by atoms with van der Waals surface area (Å²) in [4.78, 5) is 0. The van der Waals surface area contributed by atoms with E-state index in [0.29, 0.717) is 11.6 Å². The maximum Gasteiger partial charge on any atom is 0.0915 e. The zero-order valence-corrected chi connectivity index (χ0v) is 10.8. The van der Waals surface area contributed by atoms with Gasteiger partial charge < -0.3 is 10.4 Å². The average molecular weight is 262 g/mol. The van der Waals surface area contributed by atoms with Crippen LogP contribution in [0.4, 0.5) is 0 Å². The molecule has 3 heteroatoms. The lowest BCUT2D eigenvalue weighted by molar-refractivity contribution is 0.174. The normalized spacial score (nSPS) is 12.3. The maximum absolute atomic E-state index is 10.0. The van der Waals surface area contributed by atoms with Gasteiger partial charge in [0.25, 0.3) is 0 Å². The van der Waals surface area contributed by atoms with E-state index in [1.165, 1.54) is 5.56 Å².